The minimum atomic E-state index is -0.203. The lowest BCUT2D eigenvalue weighted by atomic mass is 10.1. The van der Waals surface area contributed by atoms with Gasteiger partial charge >= 0.3 is 5.97 Å². The summed E-state index contributed by atoms with van der Waals surface area (Å²) < 4.78 is 17.9. The Hall–Kier alpha value is -1.42. The summed E-state index contributed by atoms with van der Waals surface area (Å²) >= 11 is 0. The van der Waals surface area contributed by atoms with E-state index in [1.807, 2.05) is 19.9 Å². The molecule has 0 aliphatic heterocycles. The third kappa shape index (κ3) is 6.66. The molecule has 0 aliphatic rings. The first-order valence-electron chi connectivity index (χ1n) is 7.28. The topological polar surface area (TPSA) is 38.3 Å². The van der Waals surface area contributed by atoms with E-state index in [-0.39, 0.29) is 17.8 Å². The van der Waals surface area contributed by atoms with Crippen LogP contribution in [0.5, 0.6) is 0 Å². The molecule has 0 fully saturated rings. The lowest BCUT2D eigenvalue weighted by Gasteiger charge is -2.14. The van der Waals surface area contributed by atoms with Crippen LogP contribution in [0.25, 0.3) is 0 Å². The smallest absolute Gasteiger partial charge is 0.305 e. The van der Waals surface area contributed by atoms with Crippen molar-refractivity contribution in [1.82, 2.24) is 5.32 Å². The highest BCUT2D eigenvalue weighted by atomic mass is 19.1. The van der Waals surface area contributed by atoms with E-state index in [0.717, 1.165) is 31.4 Å². The SMILES string of the molecule is CCOC(=O)CCCCCN[C@@H](C)c1cccc(F)c1. The highest BCUT2D eigenvalue weighted by molar-refractivity contribution is 5.69. The summed E-state index contributed by atoms with van der Waals surface area (Å²) in [6.07, 6.45) is 3.34. The number of benzene rings is 1. The zero-order valence-electron chi connectivity index (χ0n) is 12.3. The average Bonchev–Trinajstić information content (AvgIpc) is 2.42. The third-order valence-corrected chi connectivity index (χ3v) is 3.16. The normalized spacial score (nSPS) is 12.2. The van der Waals surface area contributed by atoms with Crippen LogP contribution < -0.4 is 5.32 Å². The largest absolute Gasteiger partial charge is 0.466 e. The lowest BCUT2D eigenvalue weighted by molar-refractivity contribution is -0.143. The molecule has 112 valence electrons. The fourth-order valence-corrected chi connectivity index (χ4v) is 2.02. The second kappa shape index (κ2) is 9.48. The van der Waals surface area contributed by atoms with Gasteiger partial charge in [-0.25, -0.2) is 4.39 Å². The summed E-state index contributed by atoms with van der Waals surface area (Å²) in [6, 6.07) is 6.78. The molecule has 0 aromatic heterocycles. The molecule has 0 unspecified atom stereocenters. The predicted octanol–water partition coefficient (Wildman–Crippen LogP) is 3.60. The number of esters is 1. The van der Waals surface area contributed by atoms with Crippen LogP contribution in [0.3, 0.4) is 0 Å². The van der Waals surface area contributed by atoms with E-state index < -0.39 is 0 Å². The molecular formula is C16H24FNO2. The van der Waals surface area contributed by atoms with Crippen molar-refractivity contribution in [3.63, 3.8) is 0 Å². The Bertz CT molecular complexity index is 409. The van der Waals surface area contributed by atoms with Crippen LogP contribution in [0.15, 0.2) is 24.3 Å². The quantitative estimate of drug-likeness (QED) is 0.555. The van der Waals surface area contributed by atoms with Gasteiger partial charge in [-0.1, -0.05) is 18.6 Å². The van der Waals surface area contributed by atoms with E-state index in [4.69, 9.17) is 4.74 Å². The molecule has 1 aromatic carbocycles. The van der Waals surface area contributed by atoms with Gasteiger partial charge in [0.15, 0.2) is 0 Å². The number of rotatable bonds is 9. The van der Waals surface area contributed by atoms with E-state index in [9.17, 15) is 9.18 Å². The maximum atomic E-state index is 13.1. The fraction of sp³-hybridized carbons (Fsp3) is 0.562. The van der Waals surface area contributed by atoms with Crippen molar-refractivity contribution >= 4 is 5.97 Å². The van der Waals surface area contributed by atoms with Crippen LogP contribution in [-0.4, -0.2) is 19.1 Å². The zero-order chi connectivity index (χ0) is 14.8. The van der Waals surface area contributed by atoms with Gasteiger partial charge in [-0.3, -0.25) is 4.79 Å². The van der Waals surface area contributed by atoms with E-state index in [1.165, 1.54) is 6.07 Å². The Morgan fingerprint density at radius 2 is 2.15 bits per heavy atom. The van der Waals surface area contributed by atoms with Gasteiger partial charge in [0.05, 0.1) is 6.61 Å². The minimum absolute atomic E-state index is 0.117. The molecule has 0 heterocycles. The van der Waals surface area contributed by atoms with E-state index in [2.05, 4.69) is 5.32 Å². The molecule has 0 bridgehead atoms. The Morgan fingerprint density at radius 3 is 2.85 bits per heavy atom. The first kappa shape index (κ1) is 16.6. The first-order valence-corrected chi connectivity index (χ1v) is 7.28. The minimum Gasteiger partial charge on any atom is -0.466 e. The van der Waals surface area contributed by atoms with Crippen LogP contribution in [0.4, 0.5) is 4.39 Å². The molecular weight excluding hydrogens is 257 g/mol. The number of hydrogen-bond donors (Lipinski definition) is 1. The van der Waals surface area contributed by atoms with Crippen molar-refractivity contribution < 1.29 is 13.9 Å². The van der Waals surface area contributed by atoms with Gasteiger partial charge in [0.25, 0.3) is 0 Å². The molecule has 1 aromatic rings. The van der Waals surface area contributed by atoms with Gasteiger partial charge < -0.3 is 10.1 Å². The van der Waals surface area contributed by atoms with Crippen LogP contribution in [0.2, 0.25) is 0 Å². The lowest BCUT2D eigenvalue weighted by Crippen LogP contribution is -2.20. The Morgan fingerprint density at radius 1 is 1.35 bits per heavy atom. The molecule has 4 heteroatoms. The molecule has 1 atom stereocenters. The number of carbonyl (C=O) groups excluding carboxylic acids is 1. The molecule has 0 saturated heterocycles. The van der Waals surface area contributed by atoms with Crippen molar-refractivity contribution in [1.29, 1.82) is 0 Å². The van der Waals surface area contributed by atoms with Crippen LogP contribution in [-0.2, 0) is 9.53 Å². The maximum absolute atomic E-state index is 13.1. The van der Waals surface area contributed by atoms with Crippen molar-refractivity contribution in [2.45, 2.75) is 45.6 Å². The number of hydrogen-bond acceptors (Lipinski definition) is 3. The standard InChI is InChI=1S/C16H24FNO2/c1-3-20-16(19)10-5-4-6-11-18-13(2)14-8-7-9-15(17)12-14/h7-9,12-13,18H,3-6,10-11H2,1-2H3/t13-/m0/s1. The second-order valence-electron chi connectivity index (χ2n) is 4.85. The summed E-state index contributed by atoms with van der Waals surface area (Å²) in [5, 5.41) is 3.36. The van der Waals surface area contributed by atoms with Gasteiger partial charge in [-0.15, -0.1) is 0 Å². The third-order valence-electron chi connectivity index (χ3n) is 3.16. The summed E-state index contributed by atoms with van der Waals surface area (Å²) in [7, 11) is 0. The Balaban J connectivity index is 2.11. The van der Waals surface area contributed by atoms with Crippen LogP contribution >= 0.6 is 0 Å². The van der Waals surface area contributed by atoms with E-state index in [0.29, 0.717) is 13.0 Å². The van der Waals surface area contributed by atoms with Crippen LogP contribution in [0, 0.1) is 5.82 Å². The van der Waals surface area contributed by atoms with Gasteiger partial charge in [-0.05, 0) is 50.9 Å². The molecule has 20 heavy (non-hydrogen) atoms. The highest BCUT2D eigenvalue weighted by Gasteiger charge is 2.05. The highest BCUT2D eigenvalue weighted by Crippen LogP contribution is 2.13. The summed E-state index contributed by atoms with van der Waals surface area (Å²) in [5.41, 5.74) is 0.955. The van der Waals surface area contributed by atoms with Crippen molar-refractivity contribution in [2.75, 3.05) is 13.2 Å². The number of ether oxygens (including phenoxy) is 1. The summed E-state index contributed by atoms with van der Waals surface area (Å²) in [6.45, 7) is 5.15. The zero-order valence-corrected chi connectivity index (χ0v) is 12.3. The number of halogens is 1. The fourth-order valence-electron chi connectivity index (χ4n) is 2.02. The van der Waals surface area contributed by atoms with E-state index >= 15 is 0 Å². The molecule has 0 saturated carbocycles. The van der Waals surface area contributed by atoms with Crippen LogP contribution in [0.1, 0.15) is 51.1 Å². The van der Waals surface area contributed by atoms with E-state index in [1.54, 1.807) is 12.1 Å². The number of unbranched alkanes of at least 4 members (excludes halogenated alkanes) is 2. The monoisotopic (exact) mass is 281 g/mol. The molecule has 0 amide bonds. The number of carbonyl (C=O) groups is 1. The number of nitrogens with one attached hydrogen (secondary N) is 1. The van der Waals surface area contributed by atoms with Crippen molar-refractivity contribution in [3.05, 3.63) is 35.6 Å². The first-order chi connectivity index (χ1) is 9.63. The average molecular weight is 281 g/mol. The molecule has 3 nitrogen and oxygen atoms in total. The Labute approximate surface area is 120 Å². The molecule has 1 rings (SSSR count). The summed E-state index contributed by atoms with van der Waals surface area (Å²) in [4.78, 5) is 11.1. The predicted molar refractivity (Wildman–Crippen MR) is 77.9 cm³/mol. The Kier molecular flexibility index (Phi) is 7.88. The molecule has 1 N–H and O–H groups in total. The molecule has 0 spiro atoms. The van der Waals surface area contributed by atoms with Gasteiger partial charge in [0.1, 0.15) is 5.82 Å². The van der Waals surface area contributed by atoms with Crippen molar-refractivity contribution in [2.24, 2.45) is 0 Å². The maximum Gasteiger partial charge on any atom is 0.305 e. The molecule has 0 aliphatic carbocycles. The van der Waals surface area contributed by atoms with Gasteiger partial charge in [0, 0.05) is 12.5 Å². The molecule has 0 radical (unpaired) electrons. The summed E-state index contributed by atoms with van der Waals surface area (Å²) in [5.74, 6) is -0.320. The second-order valence-corrected chi connectivity index (χ2v) is 4.85. The van der Waals surface area contributed by atoms with Gasteiger partial charge in [0.2, 0.25) is 0 Å². The van der Waals surface area contributed by atoms with Crippen molar-refractivity contribution in [3.8, 4) is 0 Å². The van der Waals surface area contributed by atoms with Gasteiger partial charge in [-0.2, -0.15) is 0 Å².